The average Bonchev–Trinajstić information content (AvgIpc) is 3.35. The molecular formula is C21H27N5O3. The van der Waals surface area contributed by atoms with Crippen molar-refractivity contribution in [1.29, 1.82) is 0 Å². The number of hydrogen-bond acceptors (Lipinski definition) is 7. The summed E-state index contributed by atoms with van der Waals surface area (Å²) in [5.41, 5.74) is 2.33. The van der Waals surface area contributed by atoms with Crippen molar-refractivity contribution in [1.82, 2.24) is 20.1 Å². The van der Waals surface area contributed by atoms with Crippen LogP contribution in [0.4, 0.5) is 6.01 Å². The van der Waals surface area contributed by atoms with E-state index >= 15 is 0 Å². The van der Waals surface area contributed by atoms with Crippen LogP contribution in [0.25, 0.3) is 16.8 Å². The molecule has 8 heteroatoms. The highest BCUT2D eigenvalue weighted by molar-refractivity contribution is 5.96. The number of hydrogen-bond donors (Lipinski definition) is 1. The van der Waals surface area contributed by atoms with E-state index in [2.05, 4.69) is 29.2 Å². The first-order valence-electron chi connectivity index (χ1n) is 10.2. The summed E-state index contributed by atoms with van der Waals surface area (Å²) in [5, 5.41) is 7.91. The van der Waals surface area contributed by atoms with Gasteiger partial charge in [0.2, 0.25) is 0 Å². The van der Waals surface area contributed by atoms with E-state index in [9.17, 15) is 4.79 Å². The number of esters is 1. The number of benzene rings is 1. The number of aromatic nitrogens is 3. The zero-order valence-corrected chi connectivity index (χ0v) is 17.1. The van der Waals surface area contributed by atoms with Crippen LogP contribution in [0, 0.1) is 5.92 Å². The van der Waals surface area contributed by atoms with Crippen LogP contribution in [0.15, 0.2) is 35.0 Å². The highest BCUT2D eigenvalue weighted by Crippen LogP contribution is 2.30. The van der Waals surface area contributed by atoms with Crippen LogP contribution in [-0.4, -0.2) is 53.0 Å². The average molecular weight is 397 g/mol. The van der Waals surface area contributed by atoms with Crippen LogP contribution in [-0.2, 0) is 4.74 Å². The molecule has 154 valence electrons. The SMILES string of the molecule is CCOC(=O)c1cc(-n2cccn2)c2oc(N3CC(C)CNC(CC)C3)nc2c1. The lowest BCUT2D eigenvalue weighted by molar-refractivity contribution is 0.0526. The minimum atomic E-state index is -0.383. The molecule has 2 unspecified atom stereocenters. The number of nitrogens with one attached hydrogen (secondary N) is 1. The summed E-state index contributed by atoms with van der Waals surface area (Å²) >= 11 is 0. The molecule has 0 radical (unpaired) electrons. The number of carbonyl (C=O) groups is 1. The highest BCUT2D eigenvalue weighted by Gasteiger charge is 2.25. The van der Waals surface area contributed by atoms with Gasteiger partial charge < -0.3 is 19.4 Å². The van der Waals surface area contributed by atoms with Crippen molar-refractivity contribution in [3.05, 3.63) is 36.2 Å². The van der Waals surface area contributed by atoms with Crippen molar-refractivity contribution in [2.24, 2.45) is 5.92 Å². The highest BCUT2D eigenvalue weighted by atomic mass is 16.5. The van der Waals surface area contributed by atoms with Gasteiger partial charge in [-0.15, -0.1) is 0 Å². The van der Waals surface area contributed by atoms with Gasteiger partial charge in [-0.1, -0.05) is 13.8 Å². The zero-order valence-electron chi connectivity index (χ0n) is 17.1. The maximum atomic E-state index is 12.4. The molecule has 1 aliphatic rings. The third-order valence-electron chi connectivity index (χ3n) is 5.21. The lowest BCUT2D eigenvalue weighted by Crippen LogP contribution is -2.37. The number of oxazole rings is 1. The molecule has 1 fully saturated rings. The number of carbonyl (C=O) groups excluding carboxylic acids is 1. The van der Waals surface area contributed by atoms with Gasteiger partial charge in [0, 0.05) is 31.5 Å². The van der Waals surface area contributed by atoms with Gasteiger partial charge in [-0.25, -0.2) is 9.48 Å². The second-order valence-corrected chi connectivity index (χ2v) is 7.53. The van der Waals surface area contributed by atoms with Crippen LogP contribution in [0.1, 0.15) is 37.6 Å². The van der Waals surface area contributed by atoms with E-state index < -0.39 is 0 Å². The van der Waals surface area contributed by atoms with E-state index in [-0.39, 0.29) is 5.97 Å². The fourth-order valence-electron chi connectivity index (χ4n) is 3.70. The quantitative estimate of drug-likeness (QED) is 0.662. The molecule has 0 aliphatic carbocycles. The molecule has 1 saturated heterocycles. The van der Waals surface area contributed by atoms with E-state index in [1.165, 1.54) is 0 Å². The van der Waals surface area contributed by atoms with E-state index in [0.29, 0.717) is 46.9 Å². The van der Waals surface area contributed by atoms with Gasteiger partial charge in [-0.3, -0.25) is 0 Å². The van der Waals surface area contributed by atoms with E-state index in [1.54, 1.807) is 29.9 Å². The van der Waals surface area contributed by atoms with Crippen molar-refractivity contribution in [3.63, 3.8) is 0 Å². The molecule has 2 aromatic heterocycles. The molecule has 4 rings (SSSR count). The topological polar surface area (TPSA) is 85.4 Å². The molecular weight excluding hydrogens is 370 g/mol. The van der Waals surface area contributed by atoms with Gasteiger partial charge in [0.25, 0.3) is 6.01 Å². The smallest absolute Gasteiger partial charge is 0.338 e. The fourth-order valence-corrected chi connectivity index (χ4v) is 3.70. The van der Waals surface area contributed by atoms with Gasteiger partial charge in [0.15, 0.2) is 5.58 Å². The van der Waals surface area contributed by atoms with Crippen LogP contribution in [0.3, 0.4) is 0 Å². The summed E-state index contributed by atoms with van der Waals surface area (Å²) in [6, 6.07) is 6.25. The Bertz CT molecular complexity index is 982. The molecule has 0 saturated carbocycles. The Morgan fingerprint density at radius 3 is 2.93 bits per heavy atom. The molecule has 3 heterocycles. The minimum absolute atomic E-state index is 0.315. The third-order valence-corrected chi connectivity index (χ3v) is 5.21. The molecule has 2 atom stereocenters. The molecule has 3 aromatic rings. The first kappa shape index (κ1) is 19.4. The van der Waals surface area contributed by atoms with Crippen molar-refractivity contribution in [2.75, 3.05) is 31.1 Å². The van der Waals surface area contributed by atoms with Crippen molar-refractivity contribution < 1.29 is 13.9 Å². The minimum Gasteiger partial charge on any atom is -0.462 e. The molecule has 0 amide bonds. The number of nitrogens with zero attached hydrogens (tertiary/aromatic N) is 4. The van der Waals surface area contributed by atoms with Gasteiger partial charge in [-0.2, -0.15) is 10.1 Å². The van der Waals surface area contributed by atoms with Crippen molar-refractivity contribution in [3.8, 4) is 5.69 Å². The normalized spacial score (nSPS) is 20.0. The predicted octanol–water partition coefficient (Wildman–Crippen LogP) is 3.01. The van der Waals surface area contributed by atoms with E-state index in [1.807, 2.05) is 12.3 Å². The summed E-state index contributed by atoms with van der Waals surface area (Å²) in [4.78, 5) is 19.3. The third kappa shape index (κ3) is 3.98. The number of ether oxygens (including phenoxy) is 1. The maximum Gasteiger partial charge on any atom is 0.338 e. The molecule has 8 nitrogen and oxygen atoms in total. The largest absolute Gasteiger partial charge is 0.462 e. The van der Waals surface area contributed by atoms with Crippen LogP contribution >= 0.6 is 0 Å². The lowest BCUT2D eigenvalue weighted by atomic mass is 10.1. The van der Waals surface area contributed by atoms with Gasteiger partial charge >= 0.3 is 5.97 Å². The first-order valence-corrected chi connectivity index (χ1v) is 10.2. The van der Waals surface area contributed by atoms with Crippen LogP contribution < -0.4 is 10.2 Å². The number of rotatable bonds is 5. The van der Waals surface area contributed by atoms with E-state index in [0.717, 1.165) is 26.1 Å². The molecule has 29 heavy (non-hydrogen) atoms. The Morgan fingerprint density at radius 2 is 2.21 bits per heavy atom. The summed E-state index contributed by atoms with van der Waals surface area (Å²) in [7, 11) is 0. The Hall–Kier alpha value is -2.87. The second kappa shape index (κ2) is 8.24. The second-order valence-electron chi connectivity index (χ2n) is 7.53. The van der Waals surface area contributed by atoms with Gasteiger partial charge in [-0.05, 0) is 44.0 Å². The molecule has 0 bridgehead atoms. The Kier molecular flexibility index (Phi) is 5.53. The summed E-state index contributed by atoms with van der Waals surface area (Å²) in [6.07, 6.45) is 4.54. The number of fused-ring (bicyclic) bond motifs is 1. The first-order chi connectivity index (χ1) is 14.1. The number of anilines is 1. The summed E-state index contributed by atoms with van der Waals surface area (Å²) in [5.74, 6) is 0.0910. The van der Waals surface area contributed by atoms with Crippen molar-refractivity contribution in [2.45, 2.75) is 33.2 Å². The van der Waals surface area contributed by atoms with Crippen molar-refractivity contribution >= 4 is 23.1 Å². The fraction of sp³-hybridized carbons (Fsp3) is 0.476. The molecule has 1 aromatic carbocycles. The summed E-state index contributed by atoms with van der Waals surface area (Å²) in [6.45, 7) is 9.16. The summed E-state index contributed by atoms with van der Waals surface area (Å²) < 4.78 is 13.1. The van der Waals surface area contributed by atoms with Gasteiger partial charge in [0.1, 0.15) is 11.2 Å². The van der Waals surface area contributed by atoms with Gasteiger partial charge in [0.05, 0.1) is 12.2 Å². The molecule has 0 spiro atoms. The standard InChI is InChI=1S/C21H27N5O3/c1-4-16-13-25(12-14(3)11-22-16)21-24-17-9-15(20(27)28-5-2)10-18(19(17)29-21)26-8-6-7-23-26/h6-10,14,16,22H,4-5,11-13H2,1-3H3. The van der Waals surface area contributed by atoms with Crippen LogP contribution in [0.5, 0.6) is 0 Å². The zero-order chi connectivity index (χ0) is 20.4. The lowest BCUT2D eigenvalue weighted by Gasteiger charge is -2.22. The molecule has 1 aliphatic heterocycles. The monoisotopic (exact) mass is 397 g/mol. The predicted molar refractivity (Wildman–Crippen MR) is 111 cm³/mol. The molecule has 1 N–H and O–H groups in total. The Balaban J connectivity index is 1.79. The Morgan fingerprint density at radius 1 is 1.34 bits per heavy atom. The Labute approximate surface area is 169 Å². The van der Waals surface area contributed by atoms with E-state index in [4.69, 9.17) is 14.1 Å². The maximum absolute atomic E-state index is 12.4. The van der Waals surface area contributed by atoms with Crippen LogP contribution in [0.2, 0.25) is 0 Å².